The number of carbonyl (C=O) groups is 1. The highest BCUT2D eigenvalue weighted by Gasteiger charge is 2.09. The summed E-state index contributed by atoms with van der Waals surface area (Å²) in [5, 5.41) is 1.19. The maximum atomic E-state index is 11.0. The van der Waals surface area contributed by atoms with Gasteiger partial charge in [0.25, 0.3) is 0 Å². The minimum absolute atomic E-state index is 0.545. The standard InChI is InChI=1S/C14H13ClN2OS/c1-8-9(2)16-14(17-10(8)3)19-13-5-4-12(15)6-11(13)7-18/h4-7H,1-3H3. The van der Waals surface area contributed by atoms with Crippen LogP contribution in [0, 0.1) is 20.8 Å². The van der Waals surface area contributed by atoms with Crippen molar-refractivity contribution in [1.82, 2.24) is 9.97 Å². The van der Waals surface area contributed by atoms with Crippen LogP contribution in [0.5, 0.6) is 0 Å². The third-order valence-electron chi connectivity index (χ3n) is 2.91. The fourth-order valence-electron chi connectivity index (χ4n) is 1.59. The molecule has 98 valence electrons. The molecule has 0 spiro atoms. The minimum Gasteiger partial charge on any atom is -0.298 e. The number of rotatable bonds is 3. The molecule has 19 heavy (non-hydrogen) atoms. The smallest absolute Gasteiger partial charge is 0.192 e. The Kier molecular flexibility index (Phi) is 4.22. The van der Waals surface area contributed by atoms with Gasteiger partial charge in [-0.3, -0.25) is 4.79 Å². The Labute approximate surface area is 121 Å². The number of nitrogens with zero attached hydrogens (tertiary/aromatic N) is 2. The van der Waals surface area contributed by atoms with E-state index in [1.54, 1.807) is 12.1 Å². The summed E-state index contributed by atoms with van der Waals surface area (Å²) < 4.78 is 0. The second-order valence-electron chi connectivity index (χ2n) is 4.20. The zero-order chi connectivity index (χ0) is 14.0. The van der Waals surface area contributed by atoms with Crippen molar-refractivity contribution in [2.75, 3.05) is 0 Å². The largest absolute Gasteiger partial charge is 0.298 e. The molecule has 1 aromatic carbocycles. The molecule has 0 N–H and O–H groups in total. The minimum atomic E-state index is 0.545. The lowest BCUT2D eigenvalue weighted by Gasteiger charge is -2.08. The molecule has 0 aliphatic heterocycles. The van der Waals surface area contributed by atoms with E-state index >= 15 is 0 Å². The van der Waals surface area contributed by atoms with Crippen LogP contribution in [0.15, 0.2) is 28.3 Å². The molecule has 1 aromatic heterocycles. The molecule has 0 saturated heterocycles. The lowest BCUT2D eigenvalue weighted by molar-refractivity contribution is 0.112. The van der Waals surface area contributed by atoms with E-state index in [4.69, 9.17) is 11.6 Å². The van der Waals surface area contributed by atoms with E-state index in [2.05, 4.69) is 9.97 Å². The van der Waals surface area contributed by atoms with Crippen LogP contribution in [0.2, 0.25) is 5.02 Å². The van der Waals surface area contributed by atoms with Crippen molar-refractivity contribution < 1.29 is 4.79 Å². The third kappa shape index (κ3) is 3.14. The van der Waals surface area contributed by atoms with Crippen LogP contribution in [0.25, 0.3) is 0 Å². The Balaban J connectivity index is 2.39. The van der Waals surface area contributed by atoms with Crippen molar-refractivity contribution in [3.8, 4) is 0 Å². The van der Waals surface area contributed by atoms with Gasteiger partial charge >= 0.3 is 0 Å². The summed E-state index contributed by atoms with van der Waals surface area (Å²) in [6, 6.07) is 5.21. The average Bonchev–Trinajstić information content (AvgIpc) is 2.38. The number of aromatic nitrogens is 2. The Hall–Kier alpha value is -1.39. The van der Waals surface area contributed by atoms with Crippen LogP contribution >= 0.6 is 23.4 Å². The van der Waals surface area contributed by atoms with Gasteiger partial charge in [-0.1, -0.05) is 11.6 Å². The van der Waals surface area contributed by atoms with Gasteiger partial charge in [0.15, 0.2) is 11.4 Å². The summed E-state index contributed by atoms with van der Waals surface area (Å²) >= 11 is 7.24. The normalized spacial score (nSPS) is 10.5. The predicted molar refractivity (Wildman–Crippen MR) is 77.2 cm³/mol. The van der Waals surface area contributed by atoms with E-state index < -0.39 is 0 Å². The van der Waals surface area contributed by atoms with Gasteiger partial charge in [-0.2, -0.15) is 0 Å². The van der Waals surface area contributed by atoms with Crippen LogP contribution in [-0.2, 0) is 0 Å². The monoisotopic (exact) mass is 292 g/mol. The highest BCUT2D eigenvalue weighted by Crippen LogP contribution is 2.29. The van der Waals surface area contributed by atoms with E-state index in [0.29, 0.717) is 15.7 Å². The number of hydrogen-bond acceptors (Lipinski definition) is 4. The third-order valence-corrected chi connectivity index (χ3v) is 4.10. The van der Waals surface area contributed by atoms with E-state index in [1.807, 2.05) is 26.8 Å². The summed E-state index contributed by atoms with van der Waals surface area (Å²) in [7, 11) is 0. The van der Waals surface area contributed by atoms with Gasteiger partial charge in [-0.25, -0.2) is 9.97 Å². The molecule has 0 bridgehead atoms. The van der Waals surface area contributed by atoms with E-state index in [9.17, 15) is 4.79 Å². The first-order chi connectivity index (χ1) is 9.01. The molecule has 2 aromatic rings. The van der Waals surface area contributed by atoms with Gasteiger partial charge in [0, 0.05) is 26.9 Å². The number of aldehydes is 1. The number of halogens is 1. The lowest BCUT2D eigenvalue weighted by Crippen LogP contribution is -1.98. The van der Waals surface area contributed by atoms with Gasteiger partial charge < -0.3 is 0 Å². The highest BCUT2D eigenvalue weighted by molar-refractivity contribution is 7.99. The van der Waals surface area contributed by atoms with Gasteiger partial charge in [-0.15, -0.1) is 0 Å². The summed E-state index contributed by atoms with van der Waals surface area (Å²) in [5.41, 5.74) is 3.56. The second-order valence-corrected chi connectivity index (χ2v) is 5.65. The molecule has 0 fully saturated rings. The lowest BCUT2D eigenvalue weighted by atomic mass is 10.2. The zero-order valence-electron chi connectivity index (χ0n) is 10.9. The van der Waals surface area contributed by atoms with Gasteiger partial charge in [0.2, 0.25) is 0 Å². The van der Waals surface area contributed by atoms with Crippen molar-refractivity contribution in [2.24, 2.45) is 0 Å². The van der Waals surface area contributed by atoms with Gasteiger partial charge in [0.1, 0.15) is 0 Å². The molecule has 0 radical (unpaired) electrons. The van der Waals surface area contributed by atoms with E-state index in [0.717, 1.165) is 28.1 Å². The maximum Gasteiger partial charge on any atom is 0.192 e. The topological polar surface area (TPSA) is 42.9 Å². The van der Waals surface area contributed by atoms with Crippen molar-refractivity contribution in [3.63, 3.8) is 0 Å². The fourth-order valence-corrected chi connectivity index (χ4v) is 2.69. The Morgan fingerprint density at radius 1 is 1.16 bits per heavy atom. The van der Waals surface area contributed by atoms with E-state index in [-0.39, 0.29) is 0 Å². The molecule has 0 amide bonds. The summed E-state index contributed by atoms with van der Waals surface area (Å²) in [6.45, 7) is 5.91. The van der Waals surface area contributed by atoms with Crippen LogP contribution in [0.1, 0.15) is 27.3 Å². The van der Waals surface area contributed by atoms with E-state index in [1.165, 1.54) is 11.8 Å². The zero-order valence-corrected chi connectivity index (χ0v) is 12.5. The molecule has 0 unspecified atom stereocenters. The van der Waals surface area contributed by atoms with Crippen LogP contribution in [-0.4, -0.2) is 16.3 Å². The van der Waals surface area contributed by atoms with Gasteiger partial charge in [-0.05, 0) is 56.3 Å². The first kappa shape index (κ1) is 14.0. The Morgan fingerprint density at radius 2 is 1.79 bits per heavy atom. The quantitative estimate of drug-likeness (QED) is 0.633. The average molecular weight is 293 g/mol. The molecule has 3 nitrogen and oxygen atoms in total. The van der Waals surface area contributed by atoms with Crippen LogP contribution in [0.4, 0.5) is 0 Å². The van der Waals surface area contributed by atoms with Gasteiger partial charge in [0.05, 0.1) is 0 Å². The molecule has 0 aliphatic carbocycles. The Morgan fingerprint density at radius 3 is 2.37 bits per heavy atom. The molecule has 0 atom stereocenters. The number of hydrogen-bond donors (Lipinski definition) is 0. The number of carbonyl (C=O) groups excluding carboxylic acids is 1. The SMILES string of the molecule is Cc1nc(Sc2ccc(Cl)cc2C=O)nc(C)c1C. The first-order valence-corrected chi connectivity index (χ1v) is 6.95. The molecular formula is C14H13ClN2OS. The molecule has 2 rings (SSSR count). The summed E-state index contributed by atoms with van der Waals surface area (Å²) in [4.78, 5) is 20.7. The van der Waals surface area contributed by atoms with Crippen molar-refractivity contribution >= 4 is 29.6 Å². The number of benzene rings is 1. The van der Waals surface area contributed by atoms with Crippen molar-refractivity contribution in [2.45, 2.75) is 30.8 Å². The van der Waals surface area contributed by atoms with Crippen molar-refractivity contribution in [3.05, 3.63) is 45.7 Å². The first-order valence-electron chi connectivity index (χ1n) is 5.75. The van der Waals surface area contributed by atoms with Crippen LogP contribution in [0.3, 0.4) is 0 Å². The Bertz CT molecular complexity index is 620. The molecule has 1 heterocycles. The molecule has 0 aliphatic rings. The molecule has 0 saturated carbocycles. The molecular weight excluding hydrogens is 280 g/mol. The highest BCUT2D eigenvalue weighted by atomic mass is 35.5. The predicted octanol–water partition coefficient (Wildman–Crippen LogP) is 4.02. The summed E-state index contributed by atoms with van der Waals surface area (Å²) in [5.74, 6) is 0. The molecule has 5 heteroatoms. The summed E-state index contributed by atoms with van der Waals surface area (Å²) in [6.07, 6.45) is 0.794. The van der Waals surface area contributed by atoms with Crippen molar-refractivity contribution in [1.29, 1.82) is 0 Å². The second kappa shape index (κ2) is 5.72. The van der Waals surface area contributed by atoms with Crippen LogP contribution < -0.4 is 0 Å². The fraction of sp³-hybridized carbons (Fsp3) is 0.214. The maximum absolute atomic E-state index is 11.0. The number of aryl methyl sites for hydroxylation is 2.